The Hall–Kier alpha value is -0.780. The van der Waals surface area contributed by atoms with E-state index in [1.807, 2.05) is 38.5 Å². The van der Waals surface area contributed by atoms with Gasteiger partial charge in [-0.1, -0.05) is 49.7 Å². The SMILES string of the molecule is C[CH]C.Cc1ccccc1. The van der Waals surface area contributed by atoms with Crippen molar-refractivity contribution in [2.75, 3.05) is 0 Å². The Labute approximate surface area is 63.9 Å². The second-order valence-corrected chi connectivity index (χ2v) is 2.23. The summed E-state index contributed by atoms with van der Waals surface area (Å²) in [4.78, 5) is 0. The highest BCUT2D eigenvalue weighted by Gasteiger charge is 1.72. The van der Waals surface area contributed by atoms with Gasteiger partial charge in [-0.15, -0.1) is 0 Å². The summed E-state index contributed by atoms with van der Waals surface area (Å²) in [5.41, 5.74) is 1.32. The van der Waals surface area contributed by atoms with E-state index < -0.39 is 0 Å². The van der Waals surface area contributed by atoms with Crippen molar-refractivity contribution in [1.29, 1.82) is 0 Å². The Morgan fingerprint density at radius 2 is 1.40 bits per heavy atom. The first-order valence-electron chi connectivity index (χ1n) is 3.57. The number of rotatable bonds is 0. The molecule has 0 aliphatic carbocycles. The van der Waals surface area contributed by atoms with Crippen LogP contribution in [0.1, 0.15) is 19.4 Å². The van der Waals surface area contributed by atoms with Gasteiger partial charge in [-0.05, 0) is 13.3 Å². The summed E-state index contributed by atoms with van der Waals surface area (Å²) in [7, 11) is 0. The third kappa shape index (κ3) is 5.36. The molecule has 0 amide bonds. The molecule has 1 radical (unpaired) electrons. The Kier molecular flexibility index (Phi) is 5.85. The normalized spacial score (nSPS) is 7.90. The van der Waals surface area contributed by atoms with Crippen LogP contribution in [0.5, 0.6) is 0 Å². The fraction of sp³-hybridized carbons (Fsp3) is 0.300. The van der Waals surface area contributed by atoms with Crippen molar-refractivity contribution in [2.24, 2.45) is 0 Å². The van der Waals surface area contributed by atoms with Crippen LogP contribution >= 0.6 is 0 Å². The lowest BCUT2D eigenvalue weighted by molar-refractivity contribution is 1.41. The van der Waals surface area contributed by atoms with E-state index in [0.29, 0.717) is 0 Å². The summed E-state index contributed by atoms with van der Waals surface area (Å²) in [5, 5.41) is 0. The molecule has 0 aliphatic rings. The molecule has 0 saturated heterocycles. The lowest BCUT2D eigenvalue weighted by atomic mass is 10.2. The molecule has 0 fully saturated rings. The summed E-state index contributed by atoms with van der Waals surface area (Å²) < 4.78 is 0. The molecular formula is C10H15. The summed E-state index contributed by atoms with van der Waals surface area (Å²) >= 11 is 0. The second kappa shape index (κ2) is 6.34. The zero-order valence-electron chi connectivity index (χ0n) is 6.96. The molecule has 0 N–H and O–H groups in total. The second-order valence-electron chi connectivity index (χ2n) is 2.23. The third-order valence-corrected chi connectivity index (χ3v) is 0.940. The van der Waals surface area contributed by atoms with Crippen LogP contribution in [0, 0.1) is 13.3 Å². The highest BCUT2D eigenvalue weighted by atomic mass is 13.8. The van der Waals surface area contributed by atoms with Crippen molar-refractivity contribution in [3.63, 3.8) is 0 Å². The van der Waals surface area contributed by atoms with Crippen LogP contribution in [0.3, 0.4) is 0 Å². The fourth-order valence-corrected chi connectivity index (χ4v) is 0.534. The molecule has 0 aliphatic heterocycles. The van der Waals surface area contributed by atoms with Crippen LogP contribution < -0.4 is 0 Å². The van der Waals surface area contributed by atoms with E-state index in [-0.39, 0.29) is 0 Å². The standard InChI is InChI=1S/C7H8.C3H7/c1-7-5-3-2-4-6-7;1-3-2/h2-6H,1H3;3H,1-2H3. The van der Waals surface area contributed by atoms with Crippen molar-refractivity contribution >= 4 is 0 Å². The van der Waals surface area contributed by atoms with Crippen molar-refractivity contribution in [1.82, 2.24) is 0 Å². The van der Waals surface area contributed by atoms with Crippen molar-refractivity contribution < 1.29 is 0 Å². The van der Waals surface area contributed by atoms with Crippen LogP contribution in [-0.2, 0) is 0 Å². The van der Waals surface area contributed by atoms with Gasteiger partial charge in [-0.25, -0.2) is 0 Å². The van der Waals surface area contributed by atoms with E-state index in [9.17, 15) is 0 Å². The molecule has 0 saturated carbocycles. The topological polar surface area (TPSA) is 0 Å². The fourth-order valence-electron chi connectivity index (χ4n) is 0.534. The van der Waals surface area contributed by atoms with Crippen molar-refractivity contribution in [3.05, 3.63) is 42.3 Å². The first-order chi connectivity index (χ1) is 4.81. The maximum atomic E-state index is 2.08. The largest absolute Gasteiger partial charge is 0.0625 e. The van der Waals surface area contributed by atoms with Crippen LogP contribution in [-0.4, -0.2) is 0 Å². The third-order valence-electron chi connectivity index (χ3n) is 0.940. The smallest absolute Gasteiger partial charge is 0.0398 e. The van der Waals surface area contributed by atoms with E-state index in [2.05, 4.69) is 19.1 Å². The number of hydrogen-bond acceptors (Lipinski definition) is 0. The van der Waals surface area contributed by atoms with Crippen LogP contribution in [0.4, 0.5) is 0 Å². The van der Waals surface area contributed by atoms with E-state index >= 15 is 0 Å². The molecule has 0 unspecified atom stereocenters. The monoisotopic (exact) mass is 135 g/mol. The van der Waals surface area contributed by atoms with E-state index in [4.69, 9.17) is 0 Å². The van der Waals surface area contributed by atoms with Gasteiger partial charge in [0.25, 0.3) is 0 Å². The van der Waals surface area contributed by atoms with Gasteiger partial charge >= 0.3 is 0 Å². The van der Waals surface area contributed by atoms with Gasteiger partial charge in [0.2, 0.25) is 0 Å². The summed E-state index contributed by atoms with van der Waals surface area (Å²) in [6.45, 7) is 6.08. The van der Waals surface area contributed by atoms with E-state index in [0.717, 1.165) is 0 Å². The molecule has 55 valence electrons. The first-order valence-corrected chi connectivity index (χ1v) is 3.57. The molecule has 1 rings (SSSR count). The van der Waals surface area contributed by atoms with Gasteiger partial charge in [0.15, 0.2) is 0 Å². The van der Waals surface area contributed by atoms with Gasteiger partial charge in [-0.3, -0.25) is 0 Å². The molecule has 0 heteroatoms. The molecule has 0 heterocycles. The minimum atomic E-state index is 1.32. The van der Waals surface area contributed by atoms with Gasteiger partial charge < -0.3 is 0 Å². The molecule has 0 atom stereocenters. The highest BCUT2D eigenvalue weighted by Crippen LogP contribution is 1.92. The summed E-state index contributed by atoms with van der Waals surface area (Å²) in [6.07, 6.45) is 2.00. The molecule has 0 spiro atoms. The quantitative estimate of drug-likeness (QED) is 0.512. The van der Waals surface area contributed by atoms with Crippen molar-refractivity contribution in [3.8, 4) is 0 Å². The van der Waals surface area contributed by atoms with Gasteiger partial charge in [0.05, 0.1) is 0 Å². The Morgan fingerprint density at radius 3 is 1.60 bits per heavy atom. The molecule has 1 aromatic carbocycles. The van der Waals surface area contributed by atoms with E-state index in [1.165, 1.54) is 5.56 Å². The molecule has 0 nitrogen and oxygen atoms in total. The summed E-state index contributed by atoms with van der Waals surface area (Å²) in [5.74, 6) is 0. The predicted molar refractivity (Wildman–Crippen MR) is 46.8 cm³/mol. The Balaban J connectivity index is 0.000000236. The highest BCUT2D eigenvalue weighted by molar-refractivity contribution is 5.11. The molecule has 1 aromatic rings. The lowest BCUT2D eigenvalue weighted by Gasteiger charge is -1.82. The van der Waals surface area contributed by atoms with Gasteiger partial charge in [-0.2, -0.15) is 0 Å². The predicted octanol–water partition coefficient (Wildman–Crippen LogP) is 3.23. The average Bonchev–Trinajstić information content (AvgIpc) is 1.91. The minimum Gasteiger partial charge on any atom is -0.0625 e. The summed E-state index contributed by atoms with van der Waals surface area (Å²) in [6, 6.07) is 10.3. The molecular weight excluding hydrogens is 120 g/mol. The Morgan fingerprint density at radius 1 is 1.00 bits per heavy atom. The average molecular weight is 135 g/mol. The van der Waals surface area contributed by atoms with Crippen LogP contribution in [0.25, 0.3) is 0 Å². The maximum absolute atomic E-state index is 2.08. The molecule has 0 aromatic heterocycles. The van der Waals surface area contributed by atoms with E-state index in [1.54, 1.807) is 0 Å². The Bertz CT molecular complexity index is 141. The number of benzene rings is 1. The lowest BCUT2D eigenvalue weighted by Crippen LogP contribution is -1.62. The zero-order valence-corrected chi connectivity index (χ0v) is 6.96. The van der Waals surface area contributed by atoms with Crippen LogP contribution in [0.15, 0.2) is 30.3 Å². The molecule has 10 heavy (non-hydrogen) atoms. The van der Waals surface area contributed by atoms with Crippen molar-refractivity contribution in [2.45, 2.75) is 20.8 Å². The first kappa shape index (κ1) is 9.22. The van der Waals surface area contributed by atoms with Gasteiger partial charge in [0, 0.05) is 0 Å². The van der Waals surface area contributed by atoms with Crippen LogP contribution in [0.2, 0.25) is 0 Å². The zero-order chi connectivity index (χ0) is 7.82. The maximum Gasteiger partial charge on any atom is -0.0398 e. The van der Waals surface area contributed by atoms with Gasteiger partial charge in [0.1, 0.15) is 0 Å². The molecule has 0 bridgehead atoms. The number of hydrogen-bond donors (Lipinski definition) is 0. The number of aryl methyl sites for hydroxylation is 1. The minimum absolute atomic E-state index is 1.32.